The van der Waals surface area contributed by atoms with E-state index in [0.717, 1.165) is 0 Å². The van der Waals surface area contributed by atoms with E-state index in [9.17, 15) is 0 Å². The Labute approximate surface area is 48.5 Å². The number of aliphatic hydroxyl groups is 1. The van der Waals surface area contributed by atoms with Crippen molar-refractivity contribution in [1.29, 1.82) is 0 Å². The van der Waals surface area contributed by atoms with Gasteiger partial charge in [-0.1, -0.05) is 0 Å². The van der Waals surface area contributed by atoms with Crippen molar-refractivity contribution in [1.82, 2.24) is 0 Å². The molecule has 0 aromatic heterocycles. The summed E-state index contributed by atoms with van der Waals surface area (Å²) >= 11 is 0. The zero-order valence-electron chi connectivity index (χ0n) is 5.05. The largest absolute Gasteiger partial charge is 0.469 e. The first-order valence-corrected chi connectivity index (χ1v) is 2.24. The molecule has 0 atom stereocenters. The fourth-order valence-corrected chi connectivity index (χ4v) is 0.325. The first-order valence-electron chi connectivity index (χ1n) is 2.24. The molecule has 0 aliphatic heterocycles. The molecule has 0 rings (SSSR count). The molecule has 0 radical (unpaired) electrons. The van der Waals surface area contributed by atoms with E-state index in [0.29, 0.717) is 5.95 Å². The van der Waals surface area contributed by atoms with Crippen LogP contribution in [-0.4, -0.2) is 25.9 Å². The van der Waals surface area contributed by atoms with E-state index < -0.39 is 0 Å². The Bertz CT molecular complexity index is 71.7. The number of rotatable bonds is 3. The second kappa shape index (κ2) is 4.46. The highest BCUT2D eigenvalue weighted by Gasteiger charge is 1.87. The Morgan fingerprint density at radius 2 is 2.00 bits per heavy atom. The molecule has 0 unspecified atom stereocenters. The monoisotopic (exact) mass is 118 g/mol. The lowest BCUT2D eigenvalue weighted by molar-refractivity contribution is 0.0917. The van der Waals surface area contributed by atoms with Crippen LogP contribution in [0, 0.1) is 0 Å². The fourth-order valence-electron chi connectivity index (χ4n) is 0.325. The van der Waals surface area contributed by atoms with Crippen LogP contribution < -0.4 is 0 Å². The summed E-state index contributed by atoms with van der Waals surface area (Å²) in [6.07, 6.45) is 1.43. The van der Waals surface area contributed by atoms with Crippen LogP contribution in [-0.2, 0) is 9.47 Å². The summed E-state index contributed by atoms with van der Waals surface area (Å²) in [6.45, 7) is -0.0585. The lowest BCUT2D eigenvalue weighted by Gasteiger charge is -2.00. The van der Waals surface area contributed by atoms with Crippen molar-refractivity contribution in [2.45, 2.75) is 0 Å². The normalized spacial score (nSPS) is 7.88. The molecule has 0 aromatic carbocycles. The molecule has 0 saturated heterocycles. The van der Waals surface area contributed by atoms with E-state index in [1.807, 2.05) is 0 Å². The predicted octanol–water partition coefficient (Wildman–Crippen LogP) is 0.113. The lowest BCUT2D eigenvalue weighted by atomic mass is 10.6. The van der Waals surface area contributed by atoms with Crippen LogP contribution in [0.15, 0.2) is 12.0 Å². The van der Waals surface area contributed by atoms with Gasteiger partial charge in [-0.3, -0.25) is 0 Å². The van der Waals surface area contributed by atoms with Gasteiger partial charge in [0, 0.05) is 6.08 Å². The minimum absolute atomic E-state index is 0.0585. The van der Waals surface area contributed by atoms with Crippen LogP contribution in [0.4, 0.5) is 0 Å². The zero-order valence-corrected chi connectivity index (χ0v) is 5.05. The molecule has 8 heavy (non-hydrogen) atoms. The van der Waals surface area contributed by atoms with E-state index in [-0.39, 0.29) is 6.61 Å². The Balaban J connectivity index is 3.49. The lowest BCUT2D eigenvalue weighted by Crippen LogP contribution is -1.90. The van der Waals surface area contributed by atoms with E-state index in [2.05, 4.69) is 9.47 Å². The maximum atomic E-state index is 8.26. The van der Waals surface area contributed by atoms with Crippen molar-refractivity contribution < 1.29 is 14.6 Å². The van der Waals surface area contributed by atoms with E-state index >= 15 is 0 Å². The average Bonchev–Trinajstić information content (AvgIpc) is 1.83. The van der Waals surface area contributed by atoms with Crippen molar-refractivity contribution in [3.05, 3.63) is 12.0 Å². The number of hydrogen-bond donors (Lipinski definition) is 1. The molecule has 0 heterocycles. The van der Waals surface area contributed by atoms with E-state index in [1.54, 1.807) is 0 Å². The number of ether oxygens (including phenoxy) is 2. The van der Waals surface area contributed by atoms with Crippen molar-refractivity contribution in [2.24, 2.45) is 0 Å². The van der Waals surface area contributed by atoms with Crippen LogP contribution in [0.5, 0.6) is 0 Å². The predicted molar refractivity (Wildman–Crippen MR) is 29.2 cm³/mol. The topological polar surface area (TPSA) is 38.7 Å². The molecule has 48 valence electrons. The Kier molecular flexibility index (Phi) is 4.07. The molecule has 3 nitrogen and oxygen atoms in total. The van der Waals surface area contributed by atoms with Gasteiger partial charge < -0.3 is 14.6 Å². The standard InChI is InChI=1S/C5H10O3/c1-7-5(8-2)3-4-6/h3,6H,4H2,1-2H3. The first-order chi connectivity index (χ1) is 3.85. The minimum atomic E-state index is -0.0585. The number of hydrogen-bond acceptors (Lipinski definition) is 3. The molecule has 0 aromatic rings. The summed E-state index contributed by atoms with van der Waals surface area (Å²) in [7, 11) is 2.95. The molecule has 0 fully saturated rings. The minimum Gasteiger partial charge on any atom is -0.469 e. The van der Waals surface area contributed by atoms with Gasteiger partial charge in [-0.2, -0.15) is 0 Å². The maximum Gasteiger partial charge on any atom is 0.276 e. The second-order valence-corrected chi connectivity index (χ2v) is 1.11. The van der Waals surface area contributed by atoms with Gasteiger partial charge in [-0.05, 0) is 0 Å². The molecule has 0 spiro atoms. The summed E-state index contributed by atoms with van der Waals surface area (Å²) in [5.74, 6) is 0.340. The molecule has 1 N–H and O–H groups in total. The van der Waals surface area contributed by atoms with E-state index in [1.165, 1.54) is 20.3 Å². The van der Waals surface area contributed by atoms with Gasteiger partial charge >= 0.3 is 0 Å². The Morgan fingerprint density at radius 3 is 2.12 bits per heavy atom. The summed E-state index contributed by atoms with van der Waals surface area (Å²) in [5.41, 5.74) is 0. The summed E-state index contributed by atoms with van der Waals surface area (Å²) in [4.78, 5) is 0. The van der Waals surface area contributed by atoms with Crippen molar-refractivity contribution in [3.63, 3.8) is 0 Å². The fraction of sp³-hybridized carbons (Fsp3) is 0.600. The average molecular weight is 118 g/mol. The van der Waals surface area contributed by atoms with Crippen molar-refractivity contribution in [3.8, 4) is 0 Å². The third-order valence-corrected chi connectivity index (χ3v) is 0.660. The van der Waals surface area contributed by atoms with Crippen molar-refractivity contribution >= 4 is 0 Å². The summed E-state index contributed by atoms with van der Waals surface area (Å²) < 4.78 is 9.24. The SMILES string of the molecule is COC(=CCO)OC. The summed E-state index contributed by atoms with van der Waals surface area (Å²) in [5, 5.41) is 8.26. The van der Waals surface area contributed by atoms with Gasteiger partial charge in [0.15, 0.2) is 0 Å². The van der Waals surface area contributed by atoms with Crippen LogP contribution in [0.1, 0.15) is 0 Å². The molecular formula is C5H10O3. The van der Waals surface area contributed by atoms with Gasteiger partial charge in [-0.25, -0.2) is 0 Å². The molecule has 0 aliphatic rings. The Hall–Kier alpha value is -0.700. The third-order valence-electron chi connectivity index (χ3n) is 0.660. The zero-order chi connectivity index (χ0) is 6.41. The van der Waals surface area contributed by atoms with Crippen LogP contribution >= 0.6 is 0 Å². The molecule has 0 amide bonds. The highest BCUT2D eigenvalue weighted by Crippen LogP contribution is 1.92. The second-order valence-electron chi connectivity index (χ2n) is 1.11. The van der Waals surface area contributed by atoms with Crippen LogP contribution in [0.2, 0.25) is 0 Å². The first kappa shape index (κ1) is 7.30. The van der Waals surface area contributed by atoms with Crippen LogP contribution in [0.25, 0.3) is 0 Å². The van der Waals surface area contributed by atoms with Gasteiger partial charge in [-0.15, -0.1) is 0 Å². The maximum absolute atomic E-state index is 8.26. The van der Waals surface area contributed by atoms with E-state index in [4.69, 9.17) is 5.11 Å². The molecule has 0 bridgehead atoms. The summed E-state index contributed by atoms with van der Waals surface area (Å²) in [6, 6.07) is 0. The smallest absolute Gasteiger partial charge is 0.276 e. The van der Waals surface area contributed by atoms with Gasteiger partial charge in [0.2, 0.25) is 0 Å². The van der Waals surface area contributed by atoms with Gasteiger partial charge in [0.05, 0.1) is 20.8 Å². The molecule has 3 heteroatoms. The highest BCUT2D eigenvalue weighted by atomic mass is 16.7. The number of methoxy groups -OCH3 is 2. The highest BCUT2D eigenvalue weighted by molar-refractivity contribution is 4.81. The molecule has 0 aliphatic carbocycles. The van der Waals surface area contributed by atoms with Gasteiger partial charge in [0.1, 0.15) is 0 Å². The third kappa shape index (κ3) is 2.47. The molecular weight excluding hydrogens is 108 g/mol. The Morgan fingerprint density at radius 1 is 1.50 bits per heavy atom. The molecule has 0 saturated carbocycles. The van der Waals surface area contributed by atoms with Crippen molar-refractivity contribution in [2.75, 3.05) is 20.8 Å². The quantitative estimate of drug-likeness (QED) is 0.535. The number of aliphatic hydroxyl groups excluding tert-OH is 1. The van der Waals surface area contributed by atoms with Crippen LogP contribution in [0.3, 0.4) is 0 Å². The van der Waals surface area contributed by atoms with Gasteiger partial charge in [0.25, 0.3) is 5.95 Å².